The van der Waals surface area contributed by atoms with Gasteiger partial charge in [0.1, 0.15) is 11.1 Å². The molecule has 3 rings (SSSR count). The van der Waals surface area contributed by atoms with E-state index in [0.29, 0.717) is 16.3 Å². The molecule has 24 heavy (non-hydrogen) atoms. The summed E-state index contributed by atoms with van der Waals surface area (Å²) in [5.41, 5.74) is 2.98. The van der Waals surface area contributed by atoms with Gasteiger partial charge in [-0.15, -0.1) is 11.3 Å². The van der Waals surface area contributed by atoms with Crippen LogP contribution in [0.15, 0.2) is 24.3 Å². The van der Waals surface area contributed by atoms with Crippen LogP contribution in [0.2, 0.25) is 0 Å². The Hall–Kier alpha value is -2.65. The van der Waals surface area contributed by atoms with Crippen LogP contribution < -0.4 is 10.6 Å². The molecule has 5 nitrogen and oxygen atoms in total. The van der Waals surface area contributed by atoms with Crippen LogP contribution in [-0.4, -0.2) is 11.8 Å². The molecule has 6 heteroatoms. The van der Waals surface area contributed by atoms with Crippen molar-refractivity contribution in [1.82, 2.24) is 0 Å². The standard InChI is InChI=1S/C18H17N3O2S/c1-3-11-10(2)24-18(14(11)9-19)21-17(23)13-8-16(22)20-15-7-5-4-6-12(13)15/h4-7,13H,3,8H2,1-2H3,(H,20,22)(H,21,23)/t13-/m1/s1. The molecule has 0 bridgehead atoms. The third kappa shape index (κ3) is 2.79. The monoisotopic (exact) mass is 339 g/mol. The van der Waals surface area contributed by atoms with Gasteiger partial charge in [0.25, 0.3) is 0 Å². The molecule has 0 fully saturated rings. The van der Waals surface area contributed by atoms with Gasteiger partial charge in [0, 0.05) is 17.0 Å². The van der Waals surface area contributed by atoms with Crippen LogP contribution >= 0.6 is 11.3 Å². The normalized spacial score (nSPS) is 16.0. The van der Waals surface area contributed by atoms with E-state index < -0.39 is 5.92 Å². The van der Waals surface area contributed by atoms with Crippen molar-refractivity contribution in [3.63, 3.8) is 0 Å². The lowest BCUT2D eigenvalue weighted by Crippen LogP contribution is -2.30. The number of para-hydroxylation sites is 1. The summed E-state index contributed by atoms with van der Waals surface area (Å²) in [6.07, 6.45) is 0.853. The van der Waals surface area contributed by atoms with E-state index in [4.69, 9.17) is 0 Å². The lowest BCUT2D eigenvalue weighted by Gasteiger charge is -2.24. The van der Waals surface area contributed by atoms with E-state index in [-0.39, 0.29) is 18.2 Å². The molecule has 0 unspecified atom stereocenters. The molecule has 1 aliphatic heterocycles. The number of thiophene rings is 1. The van der Waals surface area contributed by atoms with Crippen LogP contribution in [0.3, 0.4) is 0 Å². The second-order valence-corrected chi connectivity index (χ2v) is 6.91. The molecule has 0 radical (unpaired) electrons. The molecule has 0 saturated heterocycles. The quantitative estimate of drug-likeness (QED) is 0.897. The first-order valence-electron chi connectivity index (χ1n) is 7.77. The first kappa shape index (κ1) is 16.2. The zero-order valence-electron chi connectivity index (χ0n) is 13.5. The summed E-state index contributed by atoms with van der Waals surface area (Å²) in [6.45, 7) is 3.94. The fourth-order valence-corrected chi connectivity index (χ4v) is 4.15. The van der Waals surface area contributed by atoms with Gasteiger partial charge < -0.3 is 10.6 Å². The highest BCUT2D eigenvalue weighted by atomic mass is 32.1. The number of amides is 2. The van der Waals surface area contributed by atoms with Gasteiger partial charge in [0.15, 0.2) is 0 Å². The van der Waals surface area contributed by atoms with Crippen molar-refractivity contribution in [2.24, 2.45) is 0 Å². The number of carbonyl (C=O) groups excluding carboxylic acids is 2. The van der Waals surface area contributed by atoms with Crippen molar-refractivity contribution in [3.05, 3.63) is 45.8 Å². The Morgan fingerprint density at radius 1 is 1.46 bits per heavy atom. The van der Waals surface area contributed by atoms with E-state index in [1.807, 2.05) is 32.0 Å². The number of anilines is 2. The Labute approximate surface area is 144 Å². The van der Waals surface area contributed by atoms with E-state index in [9.17, 15) is 14.9 Å². The largest absolute Gasteiger partial charge is 0.326 e. The first-order chi connectivity index (χ1) is 11.5. The van der Waals surface area contributed by atoms with Gasteiger partial charge in [-0.05, 0) is 30.5 Å². The zero-order chi connectivity index (χ0) is 17.3. The summed E-state index contributed by atoms with van der Waals surface area (Å²) in [5.74, 6) is -0.974. The molecule has 0 aliphatic carbocycles. The third-order valence-electron chi connectivity index (χ3n) is 4.23. The molecule has 2 aromatic rings. The summed E-state index contributed by atoms with van der Waals surface area (Å²) in [6, 6.07) is 9.50. The first-order valence-corrected chi connectivity index (χ1v) is 8.58. The maximum atomic E-state index is 12.8. The minimum absolute atomic E-state index is 0.107. The zero-order valence-corrected chi connectivity index (χ0v) is 14.3. The number of carbonyl (C=O) groups is 2. The number of fused-ring (bicyclic) bond motifs is 1. The van der Waals surface area contributed by atoms with Gasteiger partial charge in [-0.1, -0.05) is 25.1 Å². The SMILES string of the molecule is CCc1c(C)sc(NC(=O)[C@@H]2CC(=O)Nc3ccccc32)c1C#N. The number of nitriles is 1. The third-order valence-corrected chi connectivity index (χ3v) is 5.29. The van der Waals surface area contributed by atoms with E-state index in [2.05, 4.69) is 16.7 Å². The minimum Gasteiger partial charge on any atom is -0.326 e. The minimum atomic E-state index is -0.547. The average Bonchev–Trinajstić information content (AvgIpc) is 2.88. The maximum Gasteiger partial charge on any atom is 0.233 e. The summed E-state index contributed by atoms with van der Waals surface area (Å²) in [5, 5.41) is 15.6. The van der Waals surface area contributed by atoms with E-state index in [1.54, 1.807) is 6.07 Å². The van der Waals surface area contributed by atoms with Crippen molar-refractivity contribution in [2.75, 3.05) is 10.6 Å². The highest BCUT2D eigenvalue weighted by Gasteiger charge is 2.31. The van der Waals surface area contributed by atoms with E-state index in [1.165, 1.54) is 11.3 Å². The second kappa shape index (κ2) is 6.46. The molecule has 0 spiro atoms. The van der Waals surface area contributed by atoms with Crippen LogP contribution in [0.5, 0.6) is 0 Å². The van der Waals surface area contributed by atoms with Crippen LogP contribution in [0.4, 0.5) is 10.7 Å². The Morgan fingerprint density at radius 3 is 2.92 bits per heavy atom. The van der Waals surface area contributed by atoms with Crippen LogP contribution in [-0.2, 0) is 16.0 Å². The lowest BCUT2D eigenvalue weighted by atomic mass is 9.90. The average molecular weight is 339 g/mol. The molecular weight excluding hydrogens is 322 g/mol. The number of rotatable bonds is 3. The Kier molecular flexibility index (Phi) is 4.36. The summed E-state index contributed by atoms with van der Waals surface area (Å²) in [4.78, 5) is 25.7. The highest BCUT2D eigenvalue weighted by molar-refractivity contribution is 7.16. The van der Waals surface area contributed by atoms with Crippen LogP contribution in [0, 0.1) is 18.3 Å². The van der Waals surface area contributed by atoms with E-state index in [0.717, 1.165) is 22.4 Å². The van der Waals surface area contributed by atoms with Crippen molar-refractivity contribution in [1.29, 1.82) is 5.26 Å². The lowest BCUT2D eigenvalue weighted by molar-refractivity contribution is -0.123. The molecule has 2 amide bonds. The fraction of sp³-hybridized carbons (Fsp3) is 0.278. The van der Waals surface area contributed by atoms with Gasteiger partial charge >= 0.3 is 0 Å². The molecule has 1 atom stereocenters. The Morgan fingerprint density at radius 2 is 2.21 bits per heavy atom. The smallest absolute Gasteiger partial charge is 0.233 e. The fourth-order valence-electron chi connectivity index (χ4n) is 3.06. The number of nitrogens with zero attached hydrogens (tertiary/aromatic N) is 1. The highest BCUT2D eigenvalue weighted by Crippen LogP contribution is 2.36. The van der Waals surface area contributed by atoms with Gasteiger partial charge in [0.05, 0.1) is 11.5 Å². The molecule has 2 heterocycles. The summed E-state index contributed by atoms with van der Waals surface area (Å²) < 4.78 is 0. The van der Waals surface area contributed by atoms with Crippen LogP contribution in [0.1, 0.15) is 40.8 Å². The Balaban J connectivity index is 1.92. The molecule has 1 aromatic heterocycles. The predicted octanol–water partition coefficient (Wildman–Crippen LogP) is 3.56. The second-order valence-electron chi connectivity index (χ2n) is 5.69. The van der Waals surface area contributed by atoms with Crippen molar-refractivity contribution in [3.8, 4) is 6.07 Å². The molecular formula is C18H17N3O2S. The number of hydrogen-bond acceptors (Lipinski definition) is 4. The topological polar surface area (TPSA) is 82.0 Å². The van der Waals surface area contributed by atoms with Crippen molar-refractivity contribution < 1.29 is 9.59 Å². The molecule has 2 N–H and O–H groups in total. The van der Waals surface area contributed by atoms with E-state index >= 15 is 0 Å². The number of hydrogen-bond donors (Lipinski definition) is 2. The summed E-state index contributed by atoms with van der Waals surface area (Å²) in [7, 11) is 0. The van der Waals surface area contributed by atoms with Gasteiger partial charge in [-0.3, -0.25) is 9.59 Å². The van der Waals surface area contributed by atoms with Gasteiger partial charge in [-0.25, -0.2) is 0 Å². The maximum absolute atomic E-state index is 12.8. The molecule has 1 aromatic carbocycles. The number of nitrogens with one attached hydrogen (secondary N) is 2. The Bertz CT molecular complexity index is 864. The number of aryl methyl sites for hydroxylation is 1. The van der Waals surface area contributed by atoms with Crippen LogP contribution in [0.25, 0.3) is 0 Å². The van der Waals surface area contributed by atoms with Gasteiger partial charge in [0.2, 0.25) is 11.8 Å². The van der Waals surface area contributed by atoms with Gasteiger partial charge in [-0.2, -0.15) is 5.26 Å². The predicted molar refractivity (Wildman–Crippen MR) is 94.2 cm³/mol. The summed E-state index contributed by atoms with van der Waals surface area (Å²) >= 11 is 1.41. The molecule has 1 aliphatic rings. The van der Waals surface area contributed by atoms with Crippen molar-refractivity contribution in [2.45, 2.75) is 32.6 Å². The molecule has 122 valence electrons. The van der Waals surface area contributed by atoms with Crippen molar-refractivity contribution >= 4 is 33.8 Å². The molecule has 0 saturated carbocycles. The number of benzene rings is 1.